The summed E-state index contributed by atoms with van der Waals surface area (Å²) in [7, 11) is 0. The van der Waals surface area contributed by atoms with E-state index in [9.17, 15) is 14.0 Å². The minimum Gasteiger partial charge on any atom is -0.338 e. The van der Waals surface area contributed by atoms with Gasteiger partial charge >= 0.3 is 0 Å². The SMILES string of the molecule is Cc1ccc(C(=O)N2CCCC(C(=O)N3CCCc4cc(F)ccc43)C2)cc1. The van der Waals surface area contributed by atoms with Crippen molar-refractivity contribution in [1.82, 2.24) is 4.90 Å². The van der Waals surface area contributed by atoms with Crippen LogP contribution in [0.1, 0.15) is 40.7 Å². The number of halogens is 1. The molecule has 0 aliphatic carbocycles. The fourth-order valence-corrected chi connectivity index (χ4v) is 4.26. The van der Waals surface area contributed by atoms with E-state index in [1.165, 1.54) is 12.1 Å². The second-order valence-electron chi connectivity index (χ2n) is 7.82. The smallest absolute Gasteiger partial charge is 0.253 e. The molecule has 2 aliphatic heterocycles. The van der Waals surface area contributed by atoms with Gasteiger partial charge in [0.2, 0.25) is 5.91 Å². The summed E-state index contributed by atoms with van der Waals surface area (Å²) in [6, 6.07) is 12.2. The number of carbonyl (C=O) groups is 2. The highest BCUT2D eigenvalue weighted by atomic mass is 19.1. The van der Waals surface area contributed by atoms with Gasteiger partial charge in [0.15, 0.2) is 0 Å². The van der Waals surface area contributed by atoms with Crippen molar-refractivity contribution >= 4 is 17.5 Å². The van der Waals surface area contributed by atoms with Gasteiger partial charge in [-0.2, -0.15) is 0 Å². The Morgan fingerprint density at radius 3 is 2.61 bits per heavy atom. The molecule has 0 bridgehead atoms. The number of hydrogen-bond acceptors (Lipinski definition) is 2. The fraction of sp³-hybridized carbons (Fsp3) is 0.391. The zero-order valence-corrected chi connectivity index (χ0v) is 16.2. The van der Waals surface area contributed by atoms with E-state index in [1.807, 2.05) is 31.2 Å². The predicted molar refractivity (Wildman–Crippen MR) is 107 cm³/mol. The molecule has 2 aromatic carbocycles. The molecule has 1 saturated heterocycles. The highest BCUT2D eigenvalue weighted by Gasteiger charge is 2.33. The molecule has 5 heteroatoms. The molecule has 1 atom stereocenters. The van der Waals surface area contributed by atoms with Crippen molar-refractivity contribution < 1.29 is 14.0 Å². The molecule has 146 valence electrons. The molecule has 4 nitrogen and oxygen atoms in total. The molecule has 0 spiro atoms. The maximum atomic E-state index is 13.6. The number of benzene rings is 2. The Hall–Kier alpha value is -2.69. The van der Waals surface area contributed by atoms with E-state index in [-0.39, 0.29) is 23.5 Å². The molecule has 28 heavy (non-hydrogen) atoms. The summed E-state index contributed by atoms with van der Waals surface area (Å²) in [5, 5.41) is 0. The average molecular weight is 380 g/mol. The fourth-order valence-electron chi connectivity index (χ4n) is 4.26. The first-order valence-corrected chi connectivity index (χ1v) is 9.98. The number of hydrogen-bond donors (Lipinski definition) is 0. The van der Waals surface area contributed by atoms with Crippen LogP contribution in [0.5, 0.6) is 0 Å². The second kappa shape index (κ2) is 7.74. The number of likely N-dealkylation sites (tertiary alicyclic amines) is 1. The largest absolute Gasteiger partial charge is 0.338 e. The lowest BCUT2D eigenvalue weighted by atomic mass is 9.93. The van der Waals surface area contributed by atoms with E-state index in [2.05, 4.69) is 0 Å². The molecule has 0 radical (unpaired) electrons. The van der Waals surface area contributed by atoms with Crippen molar-refractivity contribution in [3.63, 3.8) is 0 Å². The van der Waals surface area contributed by atoms with Gasteiger partial charge in [-0.1, -0.05) is 17.7 Å². The highest BCUT2D eigenvalue weighted by molar-refractivity contribution is 5.98. The molecule has 0 saturated carbocycles. The number of carbonyl (C=O) groups excluding carboxylic acids is 2. The first kappa shape index (κ1) is 18.7. The Morgan fingerprint density at radius 1 is 1.04 bits per heavy atom. The lowest BCUT2D eigenvalue weighted by Gasteiger charge is -2.37. The van der Waals surface area contributed by atoms with Gasteiger partial charge in [0.05, 0.1) is 5.92 Å². The molecule has 2 aromatic rings. The first-order valence-electron chi connectivity index (χ1n) is 9.98. The van der Waals surface area contributed by atoms with Crippen molar-refractivity contribution in [3.8, 4) is 0 Å². The number of amides is 2. The molecule has 1 unspecified atom stereocenters. The molecule has 2 heterocycles. The van der Waals surface area contributed by atoms with Crippen molar-refractivity contribution in [2.45, 2.75) is 32.6 Å². The van der Waals surface area contributed by atoms with Crippen LogP contribution in [0.3, 0.4) is 0 Å². The maximum absolute atomic E-state index is 13.6. The van der Waals surface area contributed by atoms with Gasteiger partial charge in [0.25, 0.3) is 5.91 Å². The molecule has 2 aliphatic rings. The normalized spacial score (nSPS) is 19.3. The number of nitrogens with zero attached hydrogens (tertiary/aromatic N) is 2. The van der Waals surface area contributed by atoms with Crippen LogP contribution in [-0.4, -0.2) is 36.3 Å². The minimum atomic E-state index is -0.263. The highest BCUT2D eigenvalue weighted by Crippen LogP contribution is 2.31. The zero-order chi connectivity index (χ0) is 19.7. The van der Waals surface area contributed by atoms with E-state index in [4.69, 9.17) is 0 Å². The Kier molecular flexibility index (Phi) is 5.16. The van der Waals surface area contributed by atoms with Gasteiger partial charge in [-0.15, -0.1) is 0 Å². The van der Waals surface area contributed by atoms with E-state index in [1.54, 1.807) is 15.9 Å². The van der Waals surface area contributed by atoms with Crippen LogP contribution in [-0.2, 0) is 11.2 Å². The molecule has 4 rings (SSSR count). The van der Waals surface area contributed by atoms with E-state index in [0.29, 0.717) is 25.2 Å². The number of rotatable bonds is 2. The minimum absolute atomic E-state index is 0.0152. The zero-order valence-electron chi connectivity index (χ0n) is 16.2. The summed E-state index contributed by atoms with van der Waals surface area (Å²) >= 11 is 0. The summed E-state index contributed by atoms with van der Waals surface area (Å²) in [5.74, 6) is -0.438. The van der Waals surface area contributed by atoms with E-state index < -0.39 is 0 Å². The van der Waals surface area contributed by atoms with Crippen molar-refractivity contribution in [1.29, 1.82) is 0 Å². The van der Waals surface area contributed by atoms with Gasteiger partial charge in [-0.3, -0.25) is 9.59 Å². The lowest BCUT2D eigenvalue weighted by Crippen LogP contribution is -2.48. The molecule has 0 aromatic heterocycles. The van der Waals surface area contributed by atoms with Gasteiger partial charge < -0.3 is 9.80 Å². The second-order valence-corrected chi connectivity index (χ2v) is 7.82. The Labute approximate surface area is 164 Å². The van der Waals surface area contributed by atoms with Crippen molar-refractivity contribution in [2.24, 2.45) is 5.92 Å². The molecule has 0 N–H and O–H groups in total. The van der Waals surface area contributed by atoms with Gasteiger partial charge in [-0.25, -0.2) is 4.39 Å². The number of fused-ring (bicyclic) bond motifs is 1. The summed E-state index contributed by atoms with van der Waals surface area (Å²) < 4.78 is 13.6. The summed E-state index contributed by atoms with van der Waals surface area (Å²) in [6.07, 6.45) is 3.22. The third-order valence-corrected chi connectivity index (χ3v) is 5.78. The van der Waals surface area contributed by atoms with E-state index >= 15 is 0 Å². The van der Waals surface area contributed by atoms with Crippen molar-refractivity contribution in [3.05, 3.63) is 65.0 Å². The summed E-state index contributed by atoms with van der Waals surface area (Å²) in [5.41, 5.74) is 3.49. The number of piperidine rings is 1. The van der Waals surface area contributed by atoms with Crippen LogP contribution in [0.2, 0.25) is 0 Å². The quantitative estimate of drug-likeness (QED) is 0.791. The van der Waals surface area contributed by atoms with Crippen LogP contribution in [0.4, 0.5) is 10.1 Å². The Bertz CT molecular complexity index is 894. The van der Waals surface area contributed by atoms with E-state index in [0.717, 1.165) is 42.5 Å². The van der Waals surface area contributed by atoms with Gasteiger partial charge in [0, 0.05) is 30.9 Å². The lowest BCUT2D eigenvalue weighted by molar-refractivity contribution is -0.123. The number of aryl methyl sites for hydroxylation is 2. The third-order valence-electron chi connectivity index (χ3n) is 5.78. The maximum Gasteiger partial charge on any atom is 0.253 e. The molecular formula is C23H25FN2O2. The van der Waals surface area contributed by atoms with Crippen LogP contribution < -0.4 is 4.90 Å². The van der Waals surface area contributed by atoms with Crippen molar-refractivity contribution in [2.75, 3.05) is 24.5 Å². The Morgan fingerprint density at radius 2 is 1.82 bits per heavy atom. The van der Waals surface area contributed by atoms with Crippen LogP contribution in [0, 0.1) is 18.7 Å². The average Bonchev–Trinajstić information content (AvgIpc) is 2.72. The Balaban J connectivity index is 1.50. The third kappa shape index (κ3) is 3.66. The molecule has 1 fully saturated rings. The molecule has 2 amide bonds. The number of anilines is 1. The van der Waals surface area contributed by atoms with Crippen LogP contribution in [0.25, 0.3) is 0 Å². The predicted octanol–water partition coefficient (Wildman–Crippen LogP) is 3.97. The van der Waals surface area contributed by atoms with Gasteiger partial charge in [-0.05, 0) is 68.5 Å². The summed E-state index contributed by atoms with van der Waals surface area (Å²) in [6.45, 7) is 3.77. The first-order chi connectivity index (χ1) is 13.5. The van der Waals surface area contributed by atoms with Crippen LogP contribution >= 0.6 is 0 Å². The monoisotopic (exact) mass is 380 g/mol. The standard InChI is InChI=1S/C23H25FN2O2/c1-16-6-8-17(9-7-16)22(27)25-12-2-5-19(15-25)23(28)26-13-3-4-18-14-20(24)10-11-21(18)26/h6-11,14,19H,2-5,12-13,15H2,1H3. The van der Waals surface area contributed by atoms with Crippen LogP contribution in [0.15, 0.2) is 42.5 Å². The topological polar surface area (TPSA) is 40.6 Å². The summed E-state index contributed by atoms with van der Waals surface area (Å²) in [4.78, 5) is 29.7. The molecular weight excluding hydrogens is 355 g/mol. The van der Waals surface area contributed by atoms with Gasteiger partial charge in [0.1, 0.15) is 5.82 Å².